The van der Waals surface area contributed by atoms with Crippen molar-refractivity contribution in [3.05, 3.63) is 35.4 Å². The number of halogens is 2. The van der Waals surface area contributed by atoms with E-state index in [1.54, 1.807) is 6.07 Å². The molecule has 0 aliphatic heterocycles. The molecular formula is C15H23F2N. The monoisotopic (exact) mass is 255 g/mol. The van der Waals surface area contributed by atoms with Gasteiger partial charge >= 0.3 is 0 Å². The highest BCUT2D eigenvalue weighted by Gasteiger charge is 2.06. The molecular weight excluding hydrogens is 232 g/mol. The Kier molecular flexibility index (Phi) is 6.27. The topological polar surface area (TPSA) is 12.0 Å². The minimum Gasteiger partial charge on any atom is -0.316 e. The first kappa shape index (κ1) is 15.1. The second-order valence-electron chi connectivity index (χ2n) is 5.44. The van der Waals surface area contributed by atoms with Gasteiger partial charge in [-0.1, -0.05) is 26.8 Å². The molecule has 1 nitrogen and oxygen atoms in total. The van der Waals surface area contributed by atoms with Gasteiger partial charge < -0.3 is 5.32 Å². The zero-order chi connectivity index (χ0) is 13.5. The van der Waals surface area contributed by atoms with E-state index in [-0.39, 0.29) is 0 Å². The van der Waals surface area contributed by atoms with Crippen LogP contribution in [0.4, 0.5) is 8.78 Å². The summed E-state index contributed by atoms with van der Waals surface area (Å²) < 4.78 is 25.8. The summed E-state index contributed by atoms with van der Waals surface area (Å²) in [5.74, 6) is -0.330. The quantitative estimate of drug-likeness (QED) is 0.782. The lowest BCUT2D eigenvalue weighted by Crippen LogP contribution is -2.25. The molecule has 0 fully saturated rings. The molecule has 102 valence electrons. The van der Waals surface area contributed by atoms with Crippen LogP contribution in [-0.2, 0) is 6.42 Å². The van der Waals surface area contributed by atoms with Gasteiger partial charge in [-0.15, -0.1) is 0 Å². The van der Waals surface area contributed by atoms with Crippen LogP contribution in [0.5, 0.6) is 0 Å². The van der Waals surface area contributed by atoms with Crippen LogP contribution in [-0.4, -0.2) is 13.1 Å². The second-order valence-corrected chi connectivity index (χ2v) is 5.44. The summed E-state index contributed by atoms with van der Waals surface area (Å²) in [4.78, 5) is 0. The van der Waals surface area contributed by atoms with Crippen molar-refractivity contribution < 1.29 is 8.78 Å². The summed E-state index contributed by atoms with van der Waals surface area (Å²) in [6.45, 7) is 8.53. The number of hydrogen-bond acceptors (Lipinski definition) is 1. The molecule has 0 spiro atoms. The van der Waals surface area contributed by atoms with Crippen LogP contribution in [0.2, 0.25) is 0 Å². The third-order valence-electron chi connectivity index (χ3n) is 2.96. The molecule has 1 N–H and O–H groups in total. The Balaban J connectivity index is 2.29. The highest BCUT2D eigenvalue weighted by atomic mass is 19.2. The fourth-order valence-corrected chi connectivity index (χ4v) is 1.83. The van der Waals surface area contributed by atoms with Crippen molar-refractivity contribution >= 4 is 0 Å². The van der Waals surface area contributed by atoms with Crippen LogP contribution in [0.25, 0.3) is 0 Å². The molecule has 1 rings (SSSR count). The van der Waals surface area contributed by atoms with Crippen molar-refractivity contribution in [1.82, 2.24) is 5.32 Å². The second kappa shape index (κ2) is 7.47. The molecule has 0 heterocycles. The number of aryl methyl sites for hydroxylation is 1. The van der Waals surface area contributed by atoms with Gasteiger partial charge in [0.1, 0.15) is 0 Å². The van der Waals surface area contributed by atoms with Gasteiger partial charge in [-0.05, 0) is 55.5 Å². The van der Waals surface area contributed by atoms with Crippen molar-refractivity contribution in [3.8, 4) is 0 Å². The molecule has 0 aliphatic rings. The molecule has 1 atom stereocenters. The lowest BCUT2D eigenvalue weighted by Gasteiger charge is -2.14. The fraction of sp³-hybridized carbons (Fsp3) is 0.600. The highest BCUT2D eigenvalue weighted by molar-refractivity contribution is 5.17. The zero-order valence-electron chi connectivity index (χ0n) is 11.5. The summed E-state index contributed by atoms with van der Waals surface area (Å²) in [7, 11) is 0. The summed E-state index contributed by atoms with van der Waals surface area (Å²) in [5.41, 5.74) is 0.865. The predicted octanol–water partition coefficient (Wildman–Crippen LogP) is 3.78. The van der Waals surface area contributed by atoms with Crippen molar-refractivity contribution in [2.45, 2.75) is 33.6 Å². The smallest absolute Gasteiger partial charge is 0.159 e. The Bertz CT molecular complexity index is 364. The fourth-order valence-electron chi connectivity index (χ4n) is 1.83. The largest absolute Gasteiger partial charge is 0.316 e. The third-order valence-corrected chi connectivity index (χ3v) is 2.96. The van der Waals surface area contributed by atoms with Crippen molar-refractivity contribution in [2.75, 3.05) is 13.1 Å². The minimum absolute atomic E-state index is 0.539. The van der Waals surface area contributed by atoms with Gasteiger partial charge in [0.05, 0.1) is 0 Å². The van der Waals surface area contributed by atoms with Gasteiger partial charge in [-0.2, -0.15) is 0 Å². The Morgan fingerprint density at radius 1 is 1.06 bits per heavy atom. The van der Waals surface area contributed by atoms with Crippen LogP contribution >= 0.6 is 0 Å². The number of benzene rings is 1. The van der Waals surface area contributed by atoms with Gasteiger partial charge in [0.25, 0.3) is 0 Å². The van der Waals surface area contributed by atoms with E-state index in [4.69, 9.17) is 0 Å². The van der Waals surface area contributed by atoms with Gasteiger partial charge in [-0.25, -0.2) is 8.78 Å². The standard InChI is InChI=1S/C15H23F2N/c1-11(2)9-18-10-12(3)4-5-13-6-7-14(16)15(17)8-13/h6-8,11-12,18H,4-5,9-10H2,1-3H3. The molecule has 1 aromatic carbocycles. The molecule has 0 aliphatic carbocycles. The molecule has 1 unspecified atom stereocenters. The molecule has 0 aromatic heterocycles. The average Bonchev–Trinajstić information content (AvgIpc) is 2.30. The van der Waals surface area contributed by atoms with Gasteiger partial charge in [0, 0.05) is 0 Å². The predicted molar refractivity (Wildman–Crippen MR) is 71.6 cm³/mol. The van der Waals surface area contributed by atoms with E-state index >= 15 is 0 Å². The number of hydrogen-bond donors (Lipinski definition) is 1. The Labute approximate surface area is 109 Å². The van der Waals surface area contributed by atoms with Crippen molar-refractivity contribution in [2.24, 2.45) is 11.8 Å². The molecule has 0 amide bonds. The summed E-state index contributed by atoms with van der Waals surface area (Å²) in [6, 6.07) is 4.16. The van der Waals surface area contributed by atoms with Crippen LogP contribution < -0.4 is 5.32 Å². The van der Waals surface area contributed by atoms with Crippen LogP contribution in [0.1, 0.15) is 32.8 Å². The van der Waals surface area contributed by atoms with Crippen LogP contribution in [0.15, 0.2) is 18.2 Å². The van der Waals surface area contributed by atoms with E-state index in [0.29, 0.717) is 11.8 Å². The highest BCUT2D eigenvalue weighted by Crippen LogP contribution is 2.13. The number of nitrogens with one attached hydrogen (secondary N) is 1. The lowest BCUT2D eigenvalue weighted by molar-refractivity contribution is 0.453. The molecule has 3 heteroatoms. The Hall–Kier alpha value is -0.960. The average molecular weight is 255 g/mol. The minimum atomic E-state index is -0.773. The van der Waals surface area contributed by atoms with Gasteiger partial charge in [-0.3, -0.25) is 0 Å². The summed E-state index contributed by atoms with van der Waals surface area (Å²) >= 11 is 0. The van der Waals surface area contributed by atoms with Crippen LogP contribution in [0.3, 0.4) is 0 Å². The first-order chi connectivity index (χ1) is 8.49. The van der Waals surface area contributed by atoms with E-state index in [0.717, 1.165) is 31.5 Å². The molecule has 0 radical (unpaired) electrons. The molecule has 0 bridgehead atoms. The third kappa shape index (κ3) is 5.58. The van der Waals surface area contributed by atoms with E-state index in [2.05, 4.69) is 26.1 Å². The Morgan fingerprint density at radius 2 is 1.78 bits per heavy atom. The molecule has 0 saturated carbocycles. The van der Waals surface area contributed by atoms with E-state index < -0.39 is 11.6 Å². The van der Waals surface area contributed by atoms with Gasteiger partial charge in [0.15, 0.2) is 11.6 Å². The zero-order valence-corrected chi connectivity index (χ0v) is 11.5. The normalized spacial score (nSPS) is 13.0. The molecule has 18 heavy (non-hydrogen) atoms. The SMILES string of the molecule is CC(C)CNCC(C)CCc1ccc(F)c(F)c1. The van der Waals surface area contributed by atoms with Crippen molar-refractivity contribution in [1.29, 1.82) is 0 Å². The van der Waals surface area contributed by atoms with Crippen LogP contribution in [0, 0.1) is 23.5 Å². The summed E-state index contributed by atoms with van der Waals surface area (Å²) in [5, 5.41) is 3.41. The van der Waals surface area contributed by atoms with Crippen molar-refractivity contribution in [3.63, 3.8) is 0 Å². The maximum absolute atomic E-state index is 13.0. The first-order valence-corrected chi connectivity index (χ1v) is 6.63. The van der Waals surface area contributed by atoms with Gasteiger partial charge in [0.2, 0.25) is 0 Å². The molecule has 0 saturated heterocycles. The maximum Gasteiger partial charge on any atom is 0.159 e. The molecule has 1 aromatic rings. The summed E-state index contributed by atoms with van der Waals surface area (Å²) in [6.07, 6.45) is 1.78. The Morgan fingerprint density at radius 3 is 2.39 bits per heavy atom. The lowest BCUT2D eigenvalue weighted by atomic mass is 10.0. The maximum atomic E-state index is 13.0. The van der Waals surface area contributed by atoms with E-state index in [9.17, 15) is 8.78 Å². The van der Waals surface area contributed by atoms with E-state index in [1.807, 2.05) is 0 Å². The number of rotatable bonds is 7. The van der Waals surface area contributed by atoms with E-state index in [1.165, 1.54) is 12.1 Å². The first-order valence-electron chi connectivity index (χ1n) is 6.63.